The molecular formula is C11H8Cl2N2OS. The molecule has 6 heteroatoms. The number of aromatic nitrogens is 1. The Bertz CT molecular complexity index is 528. The van der Waals surface area contributed by atoms with Crippen LogP contribution in [0.4, 0.5) is 0 Å². The summed E-state index contributed by atoms with van der Waals surface area (Å²) < 4.78 is 0. The first-order valence-electron chi connectivity index (χ1n) is 4.77. The third-order valence-electron chi connectivity index (χ3n) is 2.10. The minimum Gasteiger partial charge on any atom is -0.348 e. The minimum atomic E-state index is -0.259. The fourth-order valence-electron chi connectivity index (χ4n) is 1.26. The van der Waals surface area contributed by atoms with Gasteiger partial charge in [-0.25, -0.2) is 4.98 Å². The standard InChI is InChI=1S/C11H8Cl2N2OS/c12-9-5-14-10(13)3-8(9)11(16)15-4-7-1-2-17-6-7/h1-3,5-6H,4H2,(H,15,16). The molecule has 2 aromatic heterocycles. The Hall–Kier alpha value is -1.10. The highest BCUT2D eigenvalue weighted by atomic mass is 35.5. The van der Waals surface area contributed by atoms with Gasteiger partial charge in [-0.2, -0.15) is 11.3 Å². The second-order valence-electron chi connectivity index (χ2n) is 3.30. The average Bonchev–Trinajstić information content (AvgIpc) is 2.82. The molecule has 0 aromatic carbocycles. The lowest BCUT2D eigenvalue weighted by Crippen LogP contribution is -2.22. The number of carbonyl (C=O) groups is 1. The highest BCUT2D eigenvalue weighted by molar-refractivity contribution is 7.07. The third-order valence-corrected chi connectivity index (χ3v) is 3.34. The molecule has 2 aromatic rings. The lowest BCUT2D eigenvalue weighted by molar-refractivity contribution is 0.0951. The predicted molar refractivity (Wildman–Crippen MR) is 69.7 cm³/mol. The third kappa shape index (κ3) is 3.19. The lowest BCUT2D eigenvalue weighted by atomic mass is 10.2. The van der Waals surface area contributed by atoms with Crippen molar-refractivity contribution in [1.29, 1.82) is 0 Å². The van der Waals surface area contributed by atoms with Crippen molar-refractivity contribution in [3.8, 4) is 0 Å². The van der Waals surface area contributed by atoms with Gasteiger partial charge < -0.3 is 5.32 Å². The van der Waals surface area contributed by atoms with Crippen LogP contribution in [0.5, 0.6) is 0 Å². The summed E-state index contributed by atoms with van der Waals surface area (Å²) in [5, 5.41) is 7.23. The van der Waals surface area contributed by atoms with Crippen molar-refractivity contribution >= 4 is 40.4 Å². The maximum atomic E-state index is 11.8. The summed E-state index contributed by atoms with van der Waals surface area (Å²) >= 11 is 13.2. The number of nitrogens with one attached hydrogen (secondary N) is 1. The largest absolute Gasteiger partial charge is 0.348 e. The first-order valence-corrected chi connectivity index (χ1v) is 6.47. The maximum Gasteiger partial charge on any atom is 0.253 e. The van der Waals surface area contributed by atoms with E-state index in [2.05, 4.69) is 10.3 Å². The van der Waals surface area contributed by atoms with Crippen LogP contribution in [-0.2, 0) is 6.54 Å². The fraction of sp³-hybridized carbons (Fsp3) is 0.0909. The smallest absolute Gasteiger partial charge is 0.253 e. The van der Waals surface area contributed by atoms with Crippen molar-refractivity contribution in [2.45, 2.75) is 6.54 Å². The molecule has 88 valence electrons. The molecular weight excluding hydrogens is 279 g/mol. The topological polar surface area (TPSA) is 42.0 Å². The van der Waals surface area contributed by atoms with E-state index in [1.807, 2.05) is 16.8 Å². The molecule has 0 fully saturated rings. The number of halogens is 2. The predicted octanol–water partition coefficient (Wildman–Crippen LogP) is 3.38. The van der Waals surface area contributed by atoms with E-state index in [0.717, 1.165) is 5.56 Å². The number of hydrogen-bond acceptors (Lipinski definition) is 3. The van der Waals surface area contributed by atoms with E-state index in [1.54, 1.807) is 11.3 Å². The molecule has 2 heterocycles. The van der Waals surface area contributed by atoms with Gasteiger partial charge in [0.05, 0.1) is 10.6 Å². The molecule has 3 nitrogen and oxygen atoms in total. The molecule has 0 spiro atoms. The number of hydrogen-bond donors (Lipinski definition) is 1. The van der Waals surface area contributed by atoms with Crippen LogP contribution in [0, 0.1) is 0 Å². The Kier molecular flexibility index (Phi) is 3.99. The van der Waals surface area contributed by atoms with Gasteiger partial charge in [0.15, 0.2) is 0 Å². The maximum absolute atomic E-state index is 11.8. The normalized spacial score (nSPS) is 10.2. The van der Waals surface area contributed by atoms with Gasteiger partial charge in [-0.05, 0) is 28.5 Å². The van der Waals surface area contributed by atoms with E-state index in [1.165, 1.54) is 12.3 Å². The molecule has 0 atom stereocenters. The molecule has 0 aliphatic rings. The Balaban J connectivity index is 2.07. The van der Waals surface area contributed by atoms with Gasteiger partial charge in [0.2, 0.25) is 0 Å². The molecule has 0 aliphatic carbocycles. The van der Waals surface area contributed by atoms with Crippen molar-refractivity contribution in [1.82, 2.24) is 10.3 Å². The van der Waals surface area contributed by atoms with Crippen LogP contribution < -0.4 is 5.32 Å². The van der Waals surface area contributed by atoms with Gasteiger partial charge >= 0.3 is 0 Å². The van der Waals surface area contributed by atoms with Gasteiger partial charge in [0, 0.05) is 12.7 Å². The summed E-state index contributed by atoms with van der Waals surface area (Å²) in [6.45, 7) is 0.471. The number of pyridine rings is 1. The molecule has 2 rings (SSSR count). The van der Waals surface area contributed by atoms with E-state index in [4.69, 9.17) is 23.2 Å². The average molecular weight is 287 g/mol. The lowest BCUT2D eigenvalue weighted by Gasteiger charge is -2.05. The second-order valence-corrected chi connectivity index (χ2v) is 4.88. The summed E-state index contributed by atoms with van der Waals surface area (Å²) in [7, 11) is 0. The Labute approximate surface area is 112 Å². The zero-order chi connectivity index (χ0) is 12.3. The van der Waals surface area contributed by atoms with Crippen LogP contribution in [0.25, 0.3) is 0 Å². The number of carbonyl (C=O) groups excluding carboxylic acids is 1. The van der Waals surface area contributed by atoms with E-state index < -0.39 is 0 Å². The highest BCUT2D eigenvalue weighted by Crippen LogP contribution is 2.18. The van der Waals surface area contributed by atoms with Gasteiger partial charge in [-0.1, -0.05) is 23.2 Å². The quantitative estimate of drug-likeness (QED) is 0.879. The molecule has 1 amide bonds. The van der Waals surface area contributed by atoms with Crippen LogP contribution in [0.3, 0.4) is 0 Å². The molecule has 0 saturated heterocycles. The van der Waals surface area contributed by atoms with Crippen LogP contribution in [0.1, 0.15) is 15.9 Å². The number of rotatable bonds is 3. The van der Waals surface area contributed by atoms with Crippen molar-refractivity contribution in [2.24, 2.45) is 0 Å². The van der Waals surface area contributed by atoms with Crippen molar-refractivity contribution in [3.05, 3.63) is 50.4 Å². The van der Waals surface area contributed by atoms with Crippen LogP contribution in [0.2, 0.25) is 10.2 Å². The molecule has 1 N–H and O–H groups in total. The molecule has 0 unspecified atom stereocenters. The molecule has 0 radical (unpaired) electrons. The second kappa shape index (κ2) is 5.49. The Morgan fingerprint density at radius 1 is 1.47 bits per heavy atom. The highest BCUT2D eigenvalue weighted by Gasteiger charge is 2.11. The summed E-state index contributed by atoms with van der Waals surface area (Å²) in [6.07, 6.45) is 1.36. The van der Waals surface area contributed by atoms with Gasteiger partial charge in [-0.15, -0.1) is 0 Å². The van der Waals surface area contributed by atoms with Crippen LogP contribution in [0.15, 0.2) is 29.1 Å². The number of thiophene rings is 1. The summed E-state index contributed by atoms with van der Waals surface area (Å²) in [5.41, 5.74) is 1.39. The molecule has 0 bridgehead atoms. The summed E-state index contributed by atoms with van der Waals surface area (Å²) in [6, 6.07) is 3.40. The zero-order valence-corrected chi connectivity index (χ0v) is 10.9. The minimum absolute atomic E-state index is 0.245. The Morgan fingerprint density at radius 2 is 2.29 bits per heavy atom. The van der Waals surface area contributed by atoms with E-state index in [0.29, 0.717) is 12.1 Å². The van der Waals surface area contributed by atoms with Crippen molar-refractivity contribution in [2.75, 3.05) is 0 Å². The van der Waals surface area contributed by atoms with E-state index in [9.17, 15) is 4.79 Å². The number of amides is 1. The fourth-order valence-corrected chi connectivity index (χ4v) is 2.27. The van der Waals surface area contributed by atoms with Gasteiger partial charge in [0.1, 0.15) is 5.15 Å². The summed E-state index contributed by atoms with van der Waals surface area (Å²) in [5.74, 6) is -0.259. The molecule has 0 aliphatic heterocycles. The molecule has 0 saturated carbocycles. The van der Waals surface area contributed by atoms with E-state index in [-0.39, 0.29) is 16.1 Å². The van der Waals surface area contributed by atoms with Crippen LogP contribution >= 0.6 is 34.5 Å². The van der Waals surface area contributed by atoms with Gasteiger partial charge in [-0.3, -0.25) is 4.79 Å². The molecule has 17 heavy (non-hydrogen) atoms. The monoisotopic (exact) mass is 286 g/mol. The van der Waals surface area contributed by atoms with Crippen molar-refractivity contribution < 1.29 is 4.79 Å². The van der Waals surface area contributed by atoms with Crippen molar-refractivity contribution in [3.63, 3.8) is 0 Å². The van der Waals surface area contributed by atoms with Crippen LogP contribution in [-0.4, -0.2) is 10.9 Å². The summed E-state index contributed by atoms with van der Waals surface area (Å²) in [4.78, 5) is 15.6. The van der Waals surface area contributed by atoms with Gasteiger partial charge in [0.25, 0.3) is 5.91 Å². The number of nitrogens with zero attached hydrogens (tertiary/aromatic N) is 1. The Morgan fingerprint density at radius 3 is 3.00 bits per heavy atom. The first-order chi connectivity index (χ1) is 8.16. The first kappa shape index (κ1) is 12.4. The SMILES string of the molecule is O=C(NCc1ccsc1)c1cc(Cl)ncc1Cl. The zero-order valence-electron chi connectivity index (χ0n) is 8.61. The van der Waals surface area contributed by atoms with E-state index >= 15 is 0 Å².